The molecule has 0 aromatic carbocycles. The maximum Gasteiger partial charge on any atom is 0.0628 e. The summed E-state index contributed by atoms with van der Waals surface area (Å²) < 4.78 is 1.99. The predicted molar refractivity (Wildman–Crippen MR) is 39.4 cm³/mol. The van der Waals surface area contributed by atoms with Gasteiger partial charge in [0.25, 0.3) is 0 Å². The van der Waals surface area contributed by atoms with Gasteiger partial charge < -0.3 is 0 Å². The fourth-order valence-corrected chi connectivity index (χ4v) is 1.07. The molecule has 0 N–H and O–H groups in total. The Hall–Kier alpha value is -0.790. The number of rotatable bonds is 2. The molecule has 1 aliphatic rings. The van der Waals surface area contributed by atoms with E-state index in [0.717, 1.165) is 18.2 Å². The third-order valence-corrected chi connectivity index (χ3v) is 1.84. The van der Waals surface area contributed by atoms with Crippen LogP contribution in [0.4, 0.5) is 0 Å². The van der Waals surface area contributed by atoms with E-state index in [2.05, 4.69) is 12.0 Å². The Morgan fingerprint density at radius 2 is 2.50 bits per heavy atom. The van der Waals surface area contributed by atoms with Crippen molar-refractivity contribution in [2.24, 2.45) is 5.92 Å². The summed E-state index contributed by atoms with van der Waals surface area (Å²) in [5.41, 5.74) is 0.876. The molecule has 2 nitrogen and oxygen atoms in total. The van der Waals surface area contributed by atoms with Crippen molar-refractivity contribution in [1.82, 2.24) is 9.78 Å². The Morgan fingerprint density at radius 1 is 1.70 bits per heavy atom. The maximum absolute atomic E-state index is 4.20. The zero-order chi connectivity index (χ0) is 6.97. The highest BCUT2D eigenvalue weighted by atomic mass is 15.3. The number of hydrogen-bond acceptors (Lipinski definition) is 1. The third-order valence-electron chi connectivity index (χ3n) is 1.84. The summed E-state index contributed by atoms with van der Waals surface area (Å²) in [6.45, 7) is 4.83. The van der Waals surface area contributed by atoms with Gasteiger partial charge in [-0.1, -0.05) is 0 Å². The second-order valence-electron chi connectivity index (χ2n) is 2.97. The van der Waals surface area contributed by atoms with E-state index in [1.54, 1.807) is 0 Å². The largest absolute Gasteiger partial charge is 0.272 e. The van der Waals surface area contributed by atoms with Gasteiger partial charge in [-0.3, -0.25) is 4.68 Å². The molecule has 1 heterocycles. The van der Waals surface area contributed by atoms with Crippen LogP contribution in [0.25, 0.3) is 0 Å². The van der Waals surface area contributed by atoms with Crippen molar-refractivity contribution in [3.63, 3.8) is 0 Å². The van der Waals surface area contributed by atoms with E-state index in [1.165, 1.54) is 12.8 Å². The van der Waals surface area contributed by atoms with Gasteiger partial charge in [0, 0.05) is 12.7 Å². The van der Waals surface area contributed by atoms with Crippen LogP contribution >= 0.6 is 0 Å². The van der Waals surface area contributed by atoms with E-state index in [1.807, 2.05) is 16.9 Å². The van der Waals surface area contributed by atoms with Crippen molar-refractivity contribution >= 4 is 0 Å². The maximum atomic E-state index is 4.20. The molecule has 0 bridgehead atoms. The summed E-state index contributed by atoms with van der Waals surface area (Å²) >= 11 is 0. The van der Waals surface area contributed by atoms with Crippen molar-refractivity contribution in [3.8, 4) is 0 Å². The summed E-state index contributed by atoms with van der Waals surface area (Å²) in [6, 6.07) is 1.95. The number of aromatic nitrogens is 2. The summed E-state index contributed by atoms with van der Waals surface area (Å²) in [5.74, 6) is 0.902. The minimum Gasteiger partial charge on any atom is -0.272 e. The zero-order valence-electron chi connectivity index (χ0n) is 5.95. The van der Waals surface area contributed by atoms with Gasteiger partial charge in [-0.05, 0) is 31.7 Å². The smallest absolute Gasteiger partial charge is 0.0628 e. The Labute approximate surface area is 60.9 Å². The molecule has 1 radical (unpaired) electrons. The van der Waals surface area contributed by atoms with Crippen molar-refractivity contribution in [2.45, 2.75) is 19.4 Å². The Kier molecular flexibility index (Phi) is 1.26. The second kappa shape index (κ2) is 2.11. The molecule has 0 atom stereocenters. The monoisotopic (exact) mass is 135 g/mol. The normalized spacial score (nSPS) is 17.7. The molecule has 0 saturated heterocycles. The lowest BCUT2D eigenvalue weighted by atomic mass is 10.4. The van der Waals surface area contributed by atoms with Crippen molar-refractivity contribution < 1.29 is 0 Å². The summed E-state index contributed by atoms with van der Waals surface area (Å²) in [7, 11) is 0. The molecule has 53 valence electrons. The first-order valence-corrected chi connectivity index (χ1v) is 3.70. The first-order valence-electron chi connectivity index (χ1n) is 3.70. The van der Waals surface area contributed by atoms with Crippen molar-refractivity contribution in [3.05, 3.63) is 24.9 Å². The summed E-state index contributed by atoms with van der Waals surface area (Å²) in [6.07, 6.45) is 4.76. The first-order chi connectivity index (χ1) is 4.84. The summed E-state index contributed by atoms with van der Waals surface area (Å²) in [4.78, 5) is 0. The van der Waals surface area contributed by atoms with Crippen LogP contribution in [0.3, 0.4) is 0 Å². The van der Waals surface area contributed by atoms with Crippen LogP contribution in [0.15, 0.2) is 12.3 Å². The quantitative estimate of drug-likeness (QED) is 0.600. The van der Waals surface area contributed by atoms with Gasteiger partial charge in [0.05, 0.1) is 5.69 Å². The Bertz CT molecular complexity index is 223. The van der Waals surface area contributed by atoms with Crippen molar-refractivity contribution in [1.29, 1.82) is 0 Å². The van der Waals surface area contributed by atoms with Crippen LogP contribution in [0, 0.1) is 12.8 Å². The molecule has 1 saturated carbocycles. The SMILES string of the molecule is [CH2]c1ccn(CC2CC2)n1. The topological polar surface area (TPSA) is 17.8 Å². The van der Waals surface area contributed by atoms with Crippen LogP contribution in [0.2, 0.25) is 0 Å². The standard InChI is InChI=1S/C8H11N2/c1-7-4-5-10(9-7)6-8-2-3-8/h4-5,8H,1-3,6H2. The van der Waals surface area contributed by atoms with E-state index in [4.69, 9.17) is 0 Å². The van der Waals surface area contributed by atoms with Crippen LogP contribution in [0.1, 0.15) is 18.5 Å². The molecule has 0 unspecified atom stereocenters. The molecular formula is C8H11N2. The second-order valence-corrected chi connectivity index (χ2v) is 2.97. The highest BCUT2D eigenvalue weighted by Gasteiger charge is 2.21. The van der Waals surface area contributed by atoms with Gasteiger partial charge in [-0.15, -0.1) is 0 Å². The van der Waals surface area contributed by atoms with E-state index >= 15 is 0 Å². The van der Waals surface area contributed by atoms with E-state index in [0.29, 0.717) is 0 Å². The van der Waals surface area contributed by atoms with Gasteiger partial charge in [0.1, 0.15) is 0 Å². The molecule has 1 aliphatic carbocycles. The minimum absolute atomic E-state index is 0.876. The van der Waals surface area contributed by atoms with Gasteiger partial charge >= 0.3 is 0 Å². The van der Waals surface area contributed by atoms with E-state index in [-0.39, 0.29) is 0 Å². The molecular weight excluding hydrogens is 124 g/mol. The van der Waals surface area contributed by atoms with Gasteiger partial charge in [-0.25, -0.2) is 0 Å². The molecule has 0 spiro atoms. The highest BCUT2D eigenvalue weighted by molar-refractivity contribution is 5.01. The Balaban J connectivity index is 2.03. The molecule has 2 heteroatoms. The minimum atomic E-state index is 0.876. The molecule has 2 rings (SSSR count). The molecule has 10 heavy (non-hydrogen) atoms. The molecule has 1 aromatic heterocycles. The van der Waals surface area contributed by atoms with Crippen LogP contribution in [-0.2, 0) is 6.54 Å². The molecule has 0 amide bonds. The summed E-state index contributed by atoms with van der Waals surface area (Å²) in [5, 5.41) is 4.20. The van der Waals surface area contributed by atoms with Crippen molar-refractivity contribution in [2.75, 3.05) is 0 Å². The van der Waals surface area contributed by atoms with Gasteiger partial charge in [0.15, 0.2) is 0 Å². The first kappa shape index (κ1) is 5.96. The van der Waals surface area contributed by atoms with E-state index < -0.39 is 0 Å². The molecule has 1 fully saturated rings. The number of hydrogen-bond donors (Lipinski definition) is 0. The van der Waals surface area contributed by atoms with Gasteiger partial charge in [0.2, 0.25) is 0 Å². The molecule has 1 aromatic rings. The van der Waals surface area contributed by atoms with Crippen LogP contribution in [0.5, 0.6) is 0 Å². The predicted octanol–water partition coefficient (Wildman–Crippen LogP) is 1.48. The lowest BCUT2D eigenvalue weighted by molar-refractivity contribution is 0.561. The van der Waals surface area contributed by atoms with Crippen LogP contribution in [-0.4, -0.2) is 9.78 Å². The van der Waals surface area contributed by atoms with E-state index in [9.17, 15) is 0 Å². The zero-order valence-corrected chi connectivity index (χ0v) is 5.95. The fraction of sp³-hybridized carbons (Fsp3) is 0.500. The Morgan fingerprint density at radius 3 is 3.00 bits per heavy atom. The average molecular weight is 135 g/mol. The molecule has 0 aliphatic heterocycles. The van der Waals surface area contributed by atoms with Gasteiger partial charge in [-0.2, -0.15) is 5.10 Å². The average Bonchev–Trinajstić information content (AvgIpc) is 2.59. The number of nitrogens with zero attached hydrogens (tertiary/aromatic N) is 2. The lowest BCUT2D eigenvalue weighted by Gasteiger charge is -1.95. The lowest BCUT2D eigenvalue weighted by Crippen LogP contribution is -1.99. The fourth-order valence-electron chi connectivity index (χ4n) is 1.07. The highest BCUT2D eigenvalue weighted by Crippen LogP contribution is 2.30. The van der Waals surface area contributed by atoms with Crippen LogP contribution < -0.4 is 0 Å². The third kappa shape index (κ3) is 1.20.